The van der Waals surface area contributed by atoms with Crippen molar-refractivity contribution in [2.24, 2.45) is 11.8 Å². The van der Waals surface area contributed by atoms with Crippen LogP contribution >= 0.6 is 0 Å². The lowest BCUT2D eigenvalue weighted by molar-refractivity contribution is -0.123. The highest BCUT2D eigenvalue weighted by molar-refractivity contribution is 5.78. The predicted molar refractivity (Wildman–Crippen MR) is 67.7 cm³/mol. The zero-order valence-corrected chi connectivity index (χ0v) is 10.7. The maximum atomic E-state index is 12.0. The molecule has 0 unspecified atom stereocenters. The smallest absolute Gasteiger partial charge is 0.234 e. The Hall–Kier alpha value is -0.570. The van der Waals surface area contributed by atoms with E-state index in [9.17, 15) is 4.79 Å². The normalized spacial score (nSPS) is 37.3. The standard InChI is InChI=1S/C14H24N2O/c17-14(10-16-6-2-1-3-7-16)15-13-9-11-4-5-12(13)8-11/h11-13H,1-10H2,(H,15,17)/t11-,12-,13+/m0/s1. The third-order valence-electron chi connectivity index (χ3n) is 4.90. The van der Waals surface area contributed by atoms with Crippen molar-refractivity contribution in [1.29, 1.82) is 0 Å². The van der Waals surface area contributed by atoms with Crippen molar-refractivity contribution < 1.29 is 4.79 Å². The number of piperidine rings is 1. The Labute approximate surface area is 104 Å². The molecule has 3 rings (SSSR count). The predicted octanol–water partition coefficient (Wildman–Crippen LogP) is 1.78. The van der Waals surface area contributed by atoms with Crippen LogP contribution in [0.4, 0.5) is 0 Å². The highest BCUT2D eigenvalue weighted by Crippen LogP contribution is 2.44. The van der Waals surface area contributed by atoms with E-state index in [0.29, 0.717) is 12.6 Å². The summed E-state index contributed by atoms with van der Waals surface area (Å²) in [4.78, 5) is 14.3. The van der Waals surface area contributed by atoms with Crippen molar-refractivity contribution in [3.05, 3.63) is 0 Å². The fraction of sp³-hybridized carbons (Fsp3) is 0.929. The fourth-order valence-electron chi connectivity index (χ4n) is 3.99. The van der Waals surface area contributed by atoms with Crippen molar-refractivity contribution in [3.63, 3.8) is 0 Å². The molecule has 3 fully saturated rings. The Bertz CT molecular complexity index is 286. The van der Waals surface area contributed by atoms with Gasteiger partial charge in [0.1, 0.15) is 0 Å². The summed E-state index contributed by atoms with van der Waals surface area (Å²) in [6.45, 7) is 2.86. The Morgan fingerprint density at radius 1 is 1.12 bits per heavy atom. The van der Waals surface area contributed by atoms with E-state index < -0.39 is 0 Å². The number of nitrogens with zero attached hydrogens (tertiary/aromatic N) is 1. The zero-order valence-electron chi connectivity index (χ0n) is 10.7. The molecule has 1 heterocycles. The topological polar surface area (TPSA) is 32.3 Å². The van der Waals surface area contributed by atoms with Gasteiger partial charge in [-0.2, -0.15) is 0 Å². The van der Waals surface area contributed by atoms with Gasteiger partial charge in [0.2, 0.25) is 5.91 Å². The van der Waals surface area contributed by atoms with Crippen molar-refractivity contribution in [2.75, 3.05) is 19.6 Å². The molecule has 3 atom stereocenters. The first-order valence-electron chi connectivity index (χ1n) is 7.33. The molecule has 2 saturated carbocycles. The van der Waals surface area contributed by atoms with Gasteiger partial charge in [-0.25, -0.2) is 0 Å². The lowest BCUT2D eigenvalue weighted by Crippen LogP contribution is -2.45. The fourth-order valence-corrected chi connectivity index (χ4v) is 3.99. The molecule has 3 heteroatoms. The monoisotopic (exact) mass is 236 g/mol. The molecule has 0 spiro atoms. The largest absolute Gasteiger partial charge is 0.352 e. The Morgan fingerprint density at radius 2 is 1.94 bits per heavy atom. The van der Waals surface area contributed by atoms with Crippen LogP contribution in [0.3, 0.4) is 0 Å². The summed E-state index contributed by atoms with van der Waals surface area (Å²) in [5, 5.41) is 3.28. The Balaban J connectivity index is 1.44. The minimum atomic E-state index is 0.268. The summed E-state index contributed by atoms with van der Waals surface area (Å²) in [5.74, 6) is 1.98. The second-order valence-electron chi connectivity index (χ2n) is 6.19. The molecule has 3 nitrogen and oxygen atoms in total. The molecule has 0 radical (unpaired) electrons. The summed E-state index contributed by atoms with van der Waals surface area (Å²) in [7, 11) is 0. The SMILES string of the molecule is O=C(CN1CCCCC1)N[C@@H]1C[C@H]2CC[C@H]1C2. The number of carbonyl (C=O) groups is 1. The first-order chi connectivity index (χ1) is 8.31. The van der Waals surface area contributed by atoms with Gasteiger partial charge >= 0.3 is 0 Å². The van der Waals surface area contributed by atoms with Gasteiger partial charge in [0.25, 0.3) is 0 Å². The van der Waals surface area contributed by atoms with Gasteiger partial charge in [-0.15, -0.1) is 0 Å². The van der Waals surface area contributed by atoms with E-state index in [4.69, 9.17) is 0 Å². The zero-order chi connectivity index (χ0) is 11.7. The highest BCUT2D eigenvalue weighted by atomic mass is 16.2. The van der Waals surface area contributed by atoms with Gasteiger partial charge < -0.3 is 5.32 Å². The van der Waals surface area contributed by atoms with Crippen molar-refractivity contribution in [3.8, 4) is 0 Å². The van der Waals surface area contributed by atoms with Crippen LogP contribution in [0.25, 0.3) is 0 Å². The number of hydrogen-bond acceptors (Lipinski definition) is 2. The van der Waals surface area contributed by atoms with Crippen LogP contribution < -0.4 is 5.32 Å². The van der Waals surface area contributed by atoms with Crippen molar-refractivity contribution >= 4 is 5.91 Å². The minimum Gasteiger partial charge on any atom is -0.352 e. The molecule has 1 N–H and O–H groups in total. The number of carbonyl (C=O) groups excluding carboxylic acids is 1. The molecule has 1 amide bonds. The van der Waals surface area contributed by atoms with Crippen LogP contribution in [0.1, 0.15) is 44.9 Å². The number of likely N-dealkylation sites (tertiary alicyclic amines) is 1. The third-order valence-corrected chi connectivity index (χ3v) is 4.90. The van der Waals surface area contributed by atoms with Crippen LogP contribution in [0.2, 0.25) is 0 Å². The van der Waals surface area contributed by atoms with Gasteiger partial charge in [-0.05, 0) is 57.0 Å². The summed E-state index contributed by atoms with van der Waals surface area (Å²) in [5.41, 5.74) is 0. The highest BCUT2D eigenvalue weighted by Gasteiger charge is 2.40. The van der Waals surface area contributed by atoms with Crippen LogP contribution in [-0.2, 0) is 4.79 Å². The van der Waals surface area contributed by atoms with E-state index in [-0.39, 0.29) is 5.91 Å². The second-order valence-corrected chi connectivity index (χ2v) is 6.19. The minimum absolute atomic E-state index is 0.268. The molecule has 0 aromatic rings. The van der Waals surface area contributed by atoms with Crippen LogP contribution in [-0.4, -0.2) is 36.5 Å². The quantitative estimate of drug-likeness (QED) is 0.810. The third kappa shape index (κ3) is 2.65. The molecular weight excluding hydrogens is 212 g/mol. The van der Waals surface area contributed by atoms with Gasteiger partial charge in [-0.3, -0.25) is 9.69 Å². The molecule has 1 saturated heterocycles. The van der Waals surface area contributed by atoms with Gasteiger partial charge in [0, 0.05) is 6.04 Å². The lowest BCUT2D eigenvalue weighted by atomic mass is 9.95. The molecule has 96 valence electrons. The van der Waals surface area contributed by atoms with E-state index in [0.717, 1.165) is 24.9 Å². The molecule has 2 aliphatic carbocycles. The average Bonchev–Trinajstić information content (AvgIpc) is 2.92. The molecule has 2 bridgehead atoms. The summed E-state index contributed by atoms with van der Waals surface area (Å²) in [6, 6.07) is 0.506. The molecular formula is C14H24N2O. The number of hydrogen-bond donors (Lipinski definition) is 1. The maximum Gasteiger partial charge on any atom is 0.234 e. The van der Waals surface area contributed by atoms with Gasteiger partial charge in [-0.1, -0.05) is 12.8 Å². The summed E-state index contributed by atoms with van der Waals surface area (Å²) in [6.07, 6.45) is 9.24. The Kier molecular flexibility index (Phi) is 3.37. The van der Waals surface area contributed by atoms with Gasteiger partial charge in [0.15, 0.2) is 0 Å². The van der Waals surface area contributed by atoms with E-state index in [1.165, 1.54) is 44.9 Å². The number of amides is 1. The lowest BCUT2D eigenvalue weighted by Gasteiger charge is -2.28. The molecule has 3 aliphatic rings. The Morgan fingerprint density at radius 3 is 2.59 bits per heavy atom. The first kappa shape index (κ1) is 11.5. The van der Waals surface area contributed by atoms with Gasteiger partial charge in [0.05, 0.1) is 6.54 Å². The maximum absolute atomic E-state index is 12.0. The summed E-state index contributed by atoms with van der Waals surface area (Å²) >= 11 is 0. The van der Waals surface area contributed by atoms with E-state index in [1.54, 1.807) is 0 Å². The molecule has 0 aromatic carbocycles. The van der Waals surface area contributed by atoms with E-state index in [2.05, 4.69) is 10.2 Å². The van der Waals surface area contributed by atoms with E-state index >= 15 is 0 Å². The van der Waals surface area contributed by atoms with Crippen molar-refractivity contribution in [2.45, 2.75) is 51.0 Å². The van der Waals surface area contributed by atoms with Crippen LogP contribution in [0, 0.1) is 11.8 Å². The molecule has 1 aliphatic heterocycles. The average molecular weight is 236 g/mol. The molecule has 17 heavy (non-hydrogen) atoms. The van der Waals surface area contributed by atoms with Crippen LogP contribution in [0.5, 0.6) is 0 Å². The van der Waals surface area contributed by atoms with Crippen LogP contribution in [0.15, 0.2) is 0 Å². The number of fused-ring (bicyclic) bond motifs is 2. The summed E-state index contributed by atoms with van der Waals surface area (Å²) < 4.78 is 0. The number of rotatable bonds is 3. The van der Waals surface area contributed by atoms with E-state index in [1.807, 2.05) is 0 Å². The number of nitrogens with one attached hydrogen (secondary N) is 1. The second kappa shape index (κ2) is 4.97. The first-order valence-corrected chi connectivity index (χ1v) is 7.33. The van der Waals surface area contributed by atoms with Crippen molar-refractivity contribution in [1.82, 2.24) is 10.2 Å². The molecule has 0 aromatic heterocycles.